The summed E-state index contributed by atoms with van der Waals surface area (Å²) in [5.41, 5.74) is 1.24. The van der Waals surface area contributed by atoms with Crippen LogP contribution in [0.5, 0.6) is 11.5 Å². The number of aliphatic hydroxyl groups excluding tert-OH is 1. The van der Waals surface area contributed by atoms with Crippen LogP contribution in [-0.4, -0.2) is 34.3 Å². The van der Waals surface area contributed by atoms with Gasteiger partial charge in [0.15, 0.2) is 0 Å². The molecule has 0 radical (unpaired) electrons. The highest BCUT2D eigenvalue weighted by atomic mass is 16.5. The highest BCUT2D eigenvalue weighted by Crippen LogP contribution is 2.32. The molecule has 0 aliphatic carbocycles. The number of ether oxygens (including phenoxy) is 2. The summed E-state index contributed by atoms with van der Waals surface area (Å²) in [6, 6.07) is 5.25. The van der Waals surface area contributed by atoms with Crippen molar-refractivity contribution in [2.45, 2.75) is 6.10 Å². The van der Waals surface area contributed by atoms with Crippen LogP contribution in [-0.2, 0) is 7.05 Å². The molecule has 1 atom stereocenters. The van der Waals surface area contributed by atoms with Crippen LogP contribution in [0.25, 0.3) is 0 Å². The van der Waals surface area contributed by atoms with E-state index in [1.807, 2.05) is 0 Å². The summed E-state index contributed by atoms with van der Waals surface area (Å²) < 4.78 is 11.9. The minimum absolute atomic E-state index is 0.558. The quantitative estimate of drug-likeness (QED) is 0.872. The SMILES string of the molecule is COc1ccc(C(O)c2cnnn2C)c(OC)c1. The summed E-state index contributed by atoms with van der Waals surface area (Å²) in [7, 11) is 4.85. The fourth-order valence-electron chi connectivity index (χ4n) is 1.75. The molecule has 96 valence electrons. The number of methoxy groups -OCH3 is 2. The summed E-state index contributed by atoms with van der Waals surface area (Å²) in [5, 5.41) is 17.9. The van der Waals surface area contributed by atoms with Crippen LogP contribution in [0.1, 0.15) is 17.4 Å². The maximum atomic E-state index is 10.3. The Hall–Kier alpha value is -2.08. The first-order valence-corrected chi connectivity index (χ1v) is 5.42. The molecule has 18 heavy (non-hydrogen) atoms. The number of hydrogen-bond acceptors (Lipinski definition) is 5. The lowest BCUT2D eigenvalue weighted by atomic mass is 10.1. The molecule has 6 heteroatoms. The monoisotopic (exact) mass is 249 g/mol. The van der Waals surface area contributed by atoms with E-state index in [2.05, 4.69) is 10.3 Å². The molecule has 1 aromatic carbocycles. The van der Waals surface area contributed by atoms with E-state index >= 15 is 0 Å². The number of benzene rings is 1. The minimum atomic E-state index is -0.842. The van der Waals surface area contributed by atoms with E-state index in [0.717, 1.165) is 0 Å². The van der Waals surface area contributed by atoms with Gasteiger partial charge in [0, 0.05) is 18.7 Å². The summed E-state index contributed by atoms with van der Waals surface area (Å²) in [6.07, 6.45) is 0.680. The zero-order valence-electron chi connectivity index (χ0n) is 10.5. The van der Waals surface area contributed by atoms with Crippen molar-refractivity contribution in [1.29, 1.82) is 0 Å². The molecule has 2 rings (SSSR count). The Morgan fingerprint density at radius 3 is 2.61 bits per heavy atom. The fourth-order valence-corrected chi connectivity index (χ4v) is 1.75. The number of hydrogen-bond donors (Lipinski definition) is 1. The Balaban J connectivity index is 2.41. The van der Waals surface area contributed by atoms with Gasteiger partial charge in [-0.05, 0) is 12.1 Å². The second-order valence-corrected chi connectivity index (χ2v) is 3.79. The zero-order valence-corrected chi connectivity index (χ0v) is 10.5. The molecule has 0 spiro atoms. The van der Waals surface area contributed by atoms with Gasteiger partial charge < -0.3 is 14.6 Å². The smallest absolute Gasteiger partial charge is 0.128 e. The molecule has 0 saturated heterocycles. The highest BCUT2D eigenvalue weighted by molar-refractivity contribution is 5.44. The summed E-state index contributed by atoms with van der Waals surface area (Å²) in [6.45, 7) is 0. The Morgan fingerprint density at radius 1 is 1.28 bits per heavy atom. The van der Waals surface area contributed by atoms with Crippen molar-refractivity contribution >= 4 is 0 Å². The molecule has 0 aliphatic heterocycles. The van der Waals surface area contributed by atoms with E-state index in [-0.39, 0.29) is 0 Å². The second-order valence-electron chi connectivity index (χ2n) is 3.79. The number of nitrogens with zero attached hydrogens (tertiary/aromatic N) is 3. The fraction of sp³-hybridized carbons (Fsp3) is 0.333. The average Bonchev–Trinajstić information content (AvgIpc) is 2.83. The van der Waals surface area contributed by atoms with Gasteiger partial charge in [-0.3, -0.25) is 0 Å². The normalized spacial score (nSPS) is 12.2. The van der Waals surface area contributed by atoms with Crippen molar-refractivity contribution in [3.8, 4) is 11.5 Å². The molecule has 0 saturated carbocycles. The first-order chi connectivity index (χ1) is 8.67. The van der Waals surface area contributed by atoms with Crippen LogP contribution in [0.3, 0.4) is 0 Å². The summed E-state index contributed by atoms with van der Waals surface area (Å²) in [5.74, 6) is 1.23. The van der Waals surface area contributed by atoms with E-state index < -0.39 is 6.10 Å². The van der Waals surface area contributed by atoms with Gasteiger partial charge >= 0.3 is 0 Å². The predicted octanol–water partition coefficient (Wildman–Crippen LogP) is 0.914. The lowest BCUT2D eigenvalue weighted by Crippen LogP contribution is -2.08. The van der Waals surface area contributed by atoms with Gasteiger partial charge in [-0.1, -0.05) is 5.21 Å². The largest absolute Gasteiger partial charge is 0.497 e. The molecule has 2 aromatic rings. The maximum absolute atomic E-state index is 10.3. The third kappa shape index (κ3) is 2.14. The third-order valence-corrected chi connectivity index (χ3v) is 2.76. The minimum Gasteiger partial charge on any atom is -0.497 e. The molecule has 0 bridgehead atoms. The lowest BCUT2D eigenvalue weighted by Gasteiger charge is -2.15. The Morgan fingerprint density at radius 2 is 2.06 bits per heavy atom. The first-order valence-electron chi connectivity index (χ1n) is 5.42. The molecule has 0 aliphatic rings. The van der Waals surface area contributed by atoms with E-state index in [0.29, 0.717) is 22.8 Å². The van der Waals surface area contributed by atoms with Crippen molar-refractivity contribution < 1.29 is 14.6 Å². The number of aliphatic hydroxyl groups is 1. The molecular weight excluding hydrogens is 234 g/mol. The molecule has 0 amide bonds. The van der Waals surface area contributed by atoms with Crippen molar-refractivity contribution in [2.24, 2.45) is 7.05 Å². The molecule has 0 fully saturated rings. The second kappa shape index (κ2) is 5.05. The van der Waals surface area contributed by atoms with Crippen LogP contribution in [0.4, 0.5) is 0 Å². The van der Waals surface area contributed by atoms with Gasteiger partial charge in [-0.15, -0.1) is 5.10 Å². The van der Waals surface area contributed by atoms with Gasteiger partial charge in [-0.25, -0.2) is 4.68 Å². The molecule has 1 unspecified atom stereocenters. The van der Waals surface area contributed by atoms with E-state index in [4.69, 9.17) is 9.47 Å². The Labute approximate surface area is 105 Å². The highest BCUT2D eigenvalue weighted by Gasteiger charge is 2.19. The lowest BCUT2D eigenvalue weighted by molar-refractivity contribution is 0.204. The van der Waals surface area contributed by atoms with Crippen molar-refractivity contribution in [3.05, 3.63) is 35.7 Å². The van der Waals surface area contributed by atoms with E-state index in [1.54, 1.807) is 39.5 Å². The van der Waals surface area contributed by atoms with Gasteiger partial charge in [0.1, 0.15) is 17.6 Å². The van der Waals surface area contributed by atoms with Crippen LogP contribution in [0.2, 0.25) is 0 Å². The zero-order chi connectivity index (χ0) is 13.1. The average molecular weight is 249 g/mol. The topological polar surface area (TPSA) is 69.4 Å². The van der Waals surface area contributed by atoms with Crippen molar-refractivity contribution in [2.75, 3.05) is 14.2 Å². The molecule has 1 N–H and O–H groups in total. The Bertz CT molecular complexity index is 539. The van der Waals surface area contributed by atoms with Gasteiger partial charge in [0.05, 0.1) is 26.1 Å². The predicted molar refractivity (Wildman–Crippen MR) is 64.6 cm³/mol. The first kappa shape index (κ1) is 12.4. The summed E-state index contributed by atoms with van der Waals surface area (Å²) >= 11 is 0. The number of aromatic nitrogens is 3. The van der Waals surface area contributed by atoms with Gasteiger partial charge in [0.25, 0.3) is 0 Å². The third-order valence-electron chi connectivity index (χ3n) is 2.76. The van der Waals surface area contributed by atoms with E-state index in [9.17, 15) is 5.11 Å². The maximum Gasteiger partial charge on any atom is 0.128 e. The van der Waals surface area contributed by atoms with Gasteiger partial charge in [0.2, 0.25) is 0 Å². The Kier molecular flexibility index (Phi) is 3.47. The molecule has 1 heterocycles. The summed E-state index contributed by atoms with van der Waals surface area (Å²) in [4.78, 5) is 0. The van der Waals surface area contributed by atoms with Crippen molar-refractivity contribution in [3.63, 3.8) is 0 Å². The van der Waals surface area contributed by atoms with Crippen LogP contribution >= 0.6 is 0 Å². The number of rotatable bonds is 4. The number of aryl methyl sites for hydroxylation is 1. The van der Waals surface area contributed by atoms with Crippen LogP contribution < -0.4 is 9.47 Å². The van der Waals surface area contributed by atoms with Crippen LogP contribution in [0, 0.1) is 0 Å². The molecule has 1 aromatic heterocycles. The molecular formula is C12H15N3O3. The van der Waals surface area contributed by atoms with E-state index in [1.165, 1.54) is 10.9 Å². The standard InChI is InChI=1S/C12H15N3O3/c1-15-10(7-13-14-15)12(16)9-5-4-8(17-2)6-11(9)18-3/h4-7,12,16H,1-3H3. The van der Waals surface area contributed by atoms with Gasteiger partial charge in [-0.2, -0.15) is 0 Å². The van der Waals surface area contributed by atoms with Crippen molar-refractivity contribution in [1.82, 2.24) is 15.0 Å². The molecule has 6 nitrogen and oxygen atoms in total. The van der Waals surface area contributed by atoms with Crippen LogP contribution in [0.15, 0.2) is 24.4 Å².